The predicted molar refractivity (Wildman–Crippen MR) is 138 cm³/mol. The Hall–Kier alpha value is -2.28. The molecule has 1 amide bonds. The monoisotopic (exact) mass is 500 g/mol. The van der Waals surface area contributed by atoms with E-state index in [1.54, 1.807) is 0 Å². The molecule has 2 heterocycles. The molecule has 35 heavy (non-hydrogen) atoms. The third-order valence-corrected chi connectivity index (χ3v) is 7.22. The van der Waals surface area contributed by atoms with Crippen molar-refractivity contribution in [1.82, 2.24) is 9.80 Å². The van der Waals surface area contributed by atoms with Gasteiger partial charge in [-0.05, 0) is 81.0 Å². The average molecular weight is 501 g/mol. The first-order chi connectivity index (χ1) is 16.9. The lowest BCUT2D eigenvalue weighted by Gasteiger charge is -2.27. The molecular weight excluding hydrogens is 464 g/mol. The number of amides is 1. The van der Waals surface area contributed by atoms with E-state index in [1.807, 2.05) is 42.2 Å². The second-order valence-corrected chi connectivity index (χ2v) is 10.3. The van der Waals surface area contributed by atoms with Crippen LogP contribution < -0.4 is 9.47 Å². The van der Waals surface area contributed by atoms with Crippen LogP contribution >= 0.6 is 11.6 Å². The first kappa shape index (κ1) is 25.8. The Balaban J connectivity index is 1.23. The summed E-state index contributed by atoms with van der Waals surface area (Å²) in [5.74, 6) is 1.76. The van der Waals surface area contributed by atoms with Crippen LogP contribution in [0.1, 0.15) is 49.7 Å². The van der Waals surface area contributed by atoms with Crippen LogP contribution in [0.2, 0.25) is 5.02 Å². The van der Waals surface area contributed by atoms with Gasteiger partial charge >= 0.3 is 0 Å². The maximum atomic E-state index is 11.7. The van der Waals surface area contributed by atoms with E-state index in [-0.39, 0.29) is 12.5 Å². The summed E-state index contributed by atoms with van der Waals surface area (Å²) in [5.41, 5.74) is 1.42. The van der Waals surface area contributed by atoms with Gasteiger partial charge in [0.25, 0.3) is 0 Å². The molecule has 1 unspecified atom stereocenters. The van der Waals surface area contributed by atoms with Crippen molar-refractivity contribution in [2.24, 2.45) is 0 Å². The lowest BCUT2D eigenvalue weighted by Crippen LogP contribution is -2.37. The highest BCUT2D eigenvalue weighted by Gasteiger charge is 2.31. The molecule has 4 rings (SSSR count). The Morgan fingerprint density at radius 3 is 2.77 bits per heavy atom. The molecule has 0 aliphatic carbocycles. The fourth-order valence-electron chi connectivity index (χ4n) is 4.85. The number of hydrogen-bond donors (Lipinski definition) is 1. The zero-order valence-corrected chi connectivity index (χ0v) is 21.4. The number of aliphatic hydroxyl groups is 1. The quantitative estimate of drug-likeness (QED) is 0.473. The van der Waals surface area contributed by atoms with Crippen molar-refractivity contribution in [2.45, 2.75) is 57.6 Å². The normalized spacial score (nSPS) is 21.2. The number of halogens is 1. The van der Waals surface area contributed by atoms with E-state index in [2.05, 4.69) is 17.0 Å². The smallest absolute Gasteiger partial charge is 0.222 e. The molecule has 2 fully saturated rings. The largest absolute Gasteiger partial charge is 0.494 e. The molecule has 0 spiro atoms. The summed E-state index contributed by atoms with van der Waals surface area (Å²) in [6, 6.07) is 13.9. The second kappa shape index (κ2) is 12.1. The Bertz CT molecular complexity index is 1000. The van der Waals surface area contributed by atoms with Gasteiger partial charge in [0, 0.05) is 32.6 Å². The molecule has 7 heteroatoms. The van der Waals surface area contributed by atoms with Crippen LogP contribution in [0, 0.1) is 6.92 Å². The van der Waals surface area contributed by atoms with Gasteiger partial charge in [-0.15, -0.1) is 0 Å². The molecule has 0 aromatic heterocycles. The van der Waals surface area contributed by atoms with Gasteiger partial charge < -0.3 is 19.5 Å². The van der Waals surface area contributed by atoms with Crippen LogP contribution in [0.25, 0.3) is 0 Å². The molecule has 1 N–H and O–H groups in total. The minimum atomic E-state index is -0.858. The summed E-state index contributed by atoms with van der Waals surface area (Å²) >= 11 is 6.25. The van der Waals surface area contributed by atoms with Crippen molar-refractivity contribution in [3.05, 3.63) is 58.6 Å². The Morgan fingerprint density at radius 1 is 1.06 bits per heavy atom. The summed E-state index contributed by atoms with van der Waals surface area (Å²) < 4.78 is 11.9. The van der Waals surface area contributed by atoms with E-state index in [0.29, 0.717) is 36.6 Å². The fraction of sp³-hybridized carbons (Fsp3) is 0.536. The summed E-state index contributed by atoms with van der Waals surface area (Å²) in [6.45, 7) is 7.06. The molecule has 1 atom stereocenters. The van der Waals surface area contributed by atoms with Crippen LogP contribution in [0.4, 0.5) is 0 Å². The van der Waals surface area contributed by atoms with Crippen molar-refractivity contribution in [1.29, 1.82) is 0 Å². The van der Waals surface area contributed by atoms with E-state index >= 15 is 0 Å². The minimum absolute atomic E-state index is 0.246. The van der Waals surface area contributed by atoms with E-state index in [1.165, 1.54) is 5.56 Å². The number of nitrogens with zero attached hydrogens (tertiary/aromatic N) is 2. The van der Waals surface area contributed by atoms with Gasteiger partial charge in [0.2, 0.25) is 5.91 Å². The van der Waals surface area contributed by atoms with Crippen LogP contribution in [0.3, 0.4) is 0 Å². The number of rotatable bonds is 10. The number of hydrogen-bond acceptors (Lipinski definition) is 5. The first-order valence-electron chi connectivity index (χ1n) is 12.7. The highest BCUT2D eigenvalue weighted by molar-refractivity contribution is 6.32. The van der Waals surface area contributed by atoms with Crippen molar-refractivity contribution in [3.63, 3.8) is 0 Å². The topological polar surface area (TPSA) is 62.2 Å². The molecule has 2 aliphatic heterocycles. The molecule has 2 saturated heterocycles. The third kappa shape index (κ3) is 7.60. The number of carbonyl (C=O) groups excluding carboxylic acids is 1. The number of carbonyl (C=O) groups is 1. The van der Waals surface area contributed by atoms with E-state index in [9.17, 15) is 9.90 Å². The highest BCUT2D eigenvalue weighted by atomic mass is 35.5. The molecule has 0 bridgehead atoms. The summed E-state index contributed by atoms with van der Waals surface area (Å²) in [4.78, 5) is 16.0. The number of ether oxygens (including phenoxy) is 2. The molecule has 2 aromatic rings. The van der Waals surface area contributed by atoms with E-state index in [0.717, 1.165) is 63.3 Å². The maximum Gasteiger partial charge on any atom is 0.222 e. The van der Waals surface area contributed by atoms with Crippen molar-refractivity contribution < 1.29 is 19.4 Å². The molecule has 0 radical (unpaired) electrons. The molecular formula is C28H37ClN2O4. The standard InChI is InChI=1S/C28H37ClN2O4/c1-22-9-10-25(29)26(18-22)35-21-28(33)11-4-13-30(16-12-28)20-23-6-2-7-24(19-23)34-17-5-15-31-14-3-8-27(31)32/h2,6-7,9-10,18-19,33H,3-5,8,11-17,20-21H2,1H3. The lowest BCUT2D eigenvalue weighted by atomic mass is 9.96. The number of likely N-dealkylation sites (tertiary alicyclic amines) is 2. The van der Waals surface area contributed by atoms with Crippen LogP contribution in [-0.4, -0.2) is 65.8 Å². The minimum Gasteiger partial charge on any atom is -0.494 e. The number of benzene rings is 2. The summed E-state index contributed by atoms with van der Waals surface area (Å²) in [7, 11) is 0. The van der Waals surface area contributed by atoms with E-state index < -0.39 is 5.60 Å². The van der Waals surface area contributed by atoms with Gasteiger partial charge in [0.1, 0.15) is 18.1 Å². The zero-order valence-electron chi connectivity index (χ0n) is 20.7. The first-order valence-corrected chi connectivity index (χ1v) is 13.1. The molecule has 2 aliphatic rings. The second-order valence-electron chi connectivity index (χ2n) is 9.91. The Kier molecular flexibility index (Phi) is 8.93. The molecule has 6 nitrogen and oxygen atoms in total. The van der Waals surface area contributed by atoms with Gasteiger partial charge in [0.15, 0.2) is 0 Å². The molecule has 2 aromatic carbocycles. The lowest BCUT2D eigenvalue weighted by molar-refractivity contribution is -0.127. The van der Waals surface area contributed by atoms with Crippen LogP contribution in [0.5, 0.6) is 11.5 Å². The van der Waals surface area contributed by atoms with Gasteiger partial charge in [-0.1, -0.05) is 29.8 Å². The molecule has 190 valence electrons. The number of aryl methyl sites for hydroxylation is 1. The van der Waals surface area contributed by atoms with Gasteiger partial charge in [0.05, 0.1) is 17.2 Å². The maximum absolute atomic E-state index is 11.7. The van der Waals surface area contributed by atoms with Gasteiger partial charge in [-0.3, -0.25) is 9.69 Å². The predicted octanol–water partition coefficient (Wildman–Crippen LogP) is 4.84. The third-order valence-electron chi connectivity index (χ3n) is 6.91. The van der Waals surface area contributed by atoms with Crippen LogP contribution in [0.15, 0.2) is 42.5 Å². The van der Waals surface area contributed by atoms with Crippen molar-refractivity contribution >= 4 is 17.5 Å². The molecule has 0 saturated carbocycles. The SMILES string of the molecule is Cc1ccc(Cl)c(OCC2(O)CCCN(Cc3cccc(OCCCN4CCCC4=O)c3)CC2)c1. The Morgan fingerprint density at radius 2 is 1.94 bits per heavy atom. The average Bonchev–Trinajstić information content (AvgIpc) is 3.16. The van der Waals surface area contributed by atoms with Crippen molar-refractivity contribution in [3.8, 4) is 11.5 Å². The Labute approximate surface area is 213 Å². The van der Waals surface area contributed by atoms with E-state index in [4.69, 9.17) is 21.1 Å². The van der Waals surface area contributed by atoms with Crippen molar-refractivity contribution in [2.75, 3.05) is 39.4 Å². The highest BCUT2D eigenvalue weighted by Crippen LogP contribution is 2.29. The summed E-state index contributed by atoms with van der Waals surface area (Å²) in [6.07, 6.45) is 4.77. The van der Waals surface area contributed by atoms with Gasteiger partial charge in [-0.2, -0.15) is 0 Å². The van der Waals surface area contributed by atoms with Crippen LogP contribution in [-0.2, 0) is 11.3 Å². The van der Waals surface area contributed by atoms with Gasteiger partial charge in [-0.25, -0.2) is 0 Å². The fourth-order valence-corrected chi connectivity index (χ4v) is 5.02. The summed E-state index contributed by atoms with van der Waals surface area (Å²) in [5, 5.41) is 11.7. The zero-order chi connectivity index (χ0) is 24.7.